The zero-order chi connectivity index (χ0) is 13.9. The van der Waals surface area contributed by atoms with Gasteiger partial charge in [0.05, 0.1) is 12.7 Å². The van der Waals surface area contributed by atoms with Crippen molar-refractivity contribution in [3.8, 4) is 17.1 Å². The van der Waals surface area contributed by atoms with Crippen LogP contribution in [0.1, 0.15) is 25.7 Å². The van der Waals surface area contributed by atoms with Gasteiger partial charge in [0.2, 0.25) is 0 Å². The Labute approximate surface area is 117 Å². The minimum atomic E-state index is 0.671. The Morgan fingerprint density at radius 3 is 2.90 bits per heavy atom. The van der Waals surface area contributed by atoms with E-state index in [0.717, 1.165) is 23.7 Å². The van der Waals surface area contributed by atoms with E-state index in [2.05, 4.69) is 15.5 Å². The Kier molecular flexibility index (Phi) is 3.54. The van der Waals surface area contributed by atoms with Crippen LogP contribution < -0.4 is 10.5 Å². The number of nitrogens with two attached hydrogens (primary N) is 1. The quantitative estimate of drug-likeness (QED) is 0.863. The Morgan fingerprint density at radius 1 is 1.35 bits per heavy atom. The van der Waals surface area contributed by atoms with Gasteiger partial charge in [-0.1, -0.05) is 12.8 Å². The van der Waals surface area contributed by atoms with Crippen LogP contribution in [-0.2, 0) is 6.54 Å². The van der Waals surface area contributed by atoms with Crippen molar-refractivity contribution in [2.24, 2.45) is 5.92 Å². The first kappa shape index (κ1) is 12.9. The van der Waals surface area contributed by atoms with Crippen molar-refractivity contribution < 1.29 is 4.74 Å². The Morgan fingerprint density at radius 2 is 2.15 bits per heavy atom. The molecule has 1 aliphatic carbocycles. The van der Waals surface area contributed by atoms with Crippen molar-refractivity contribution in [3.63, 3.8) is 0 Å². The van der Waals surface area contributed by atoms with Crippen molar-refractivity contribution in [1.82, 2.24) is 20.2 Å². The molecule has 6 nitrogen and oxygen atoms in total. The van der Waals surface area contributed by atoms with Gasteiger partial charge in [0.15, 0.2) is 5.82 Å². The van der Waals surface area contributed by atoms with Gasteiger partial charge in [0, 0.05) is 12.2 Å². The van der Waals surface area contributed by atoms with Gasteiger partial charge < -0.3 is 10.5 Å². The highest BCUT2D eigenvalue weighted by Crippen LogP contribution is 2.32. The number of methoxy groups -OCH3 is 1. The number of rotatable bonds is 4. The van der Waals surface area contributed by atoms with Crippen molar-refractivity contribution in [2.45, 2.75) is 32.2 Å². The smallest absolute Gasteiger partial charge is 0.185 e. The molecule has 1 heterocycles. The predicted molar refractivity (Wildman–Crippen MR) is 76.2 cm³/mol. The second kappa shape index (κ2) is 5.48. The van der Waals surface area contributed by atoms with E-state index in [1.807, 2.05) is 22.9 Å². The average molecular weight is 273 g/mol. The van der Waals surface area contributed by atoms with Gasteiger partial charge in [0.25, 0.3) is 0 Å². The summed E-state index contributed by atoms with van der Waals surface area (Å²) in [6.07, 6.45) is 5.13. The molecule has 1 aromatic carbocycles. The monoisotopic (exact) mass is 273 g/mol. The Hall–Kier alpha value is -2.11. The van der Waals surface area contributed by atoms with Crippen molar-refractivity contribution in [1.29, 1.82) is 0 Å². The van der Waals surface area contributed by atoms with Gasteiger partial charge >= 0.3 is 0 Å². The van der Waals surface area contributed by atoms with Gasteiger partial charge in [-0.3, -0.25) is 0 Å². The normalized spacial score (nSPS) is 15.7. The number of anilines is 1. The molecule has 6 heteroatoms. The highest BCUT2D eigenvalue weighted by molar-refractivity contribution is 5.68. The fraction of sp³-hybridized carbons (Fsp3) is 0.500. The average Bonchev–Trinajstić information content (AvgIpc) is 3.11. The maximum Gasteiger partial charge on any atom is 0.185 e. The number of aromatic nitrogens is 4. The van der Waals surface area contributed by atoms with Crippen LogP contribution in [0.5, 0.6) is 5.75 Å². The van der Waals surface area contributed by atoms with E-state index in [1.54, 1.807) is 7.11 Å². The summed E-state index contributed by atoms with van der Waals surface area (Å²) in [5, 5.41) is 12.1. The van der Waals surface area contributed by atoms with Gasteiger partial charge in [-0.15, -0.1) is 5.10 Å². The first-order valence-electron chi connectivity index (χ1n) is 6.98. The van der Waals surface area contributed by atoms with Crippen LogP contribution in [-0.4, -0.2) is 27.3 Å². The first-order chi connectivity index (χ1) is 9.78. The van der Waals surface area contributed by atoms with Crippen LogP contribution in [0.3, 0.4) is 0 Å². The maximum absolute atomic E-state index is 5.87. The maximum atomic E-state index is 5.87. The molecule has 2 aromatic rings. The Bertz CT molecular complexity index is 589. The number of nitrogens with zero attached hydrogens (tertiary/aromatic N) is 4. The molecule has 0 saturated heterocycles. The molecule has 20 heavy (non-hydrogen) atoms. The molecule has 1 aromatic heterocycles. The molecule has 3 rings (SSSR count). The third-order valence-corrected chi connectivity index (χ3v) is 3.90. The molecule has 2 N–H and O–H groups in total. The van der Waals surface area contributed by atoms with Gasteiger partial charge in [-0.2, -0.15) is 0 Å². The second-order valence-electron chi connectivity index (χ2n) is 5.29. The summed E-state index contributed by atoms with van der Waals surface area (Å²) in [5.41, 5.74) is 7.39. The molecule has 0 amide bonds. The lowest BCUT2D eigenvalue weighted by Gasteiger charge is -2.12. The third-order valence-electron chi connectivity index (χ3n) is 3.90. The number of tetrazole rings is 1. The lowest BCUT2D eigenvalue weighted by molar-refractivity contribution is 0.411. The molecule has 106 valence electrons. The number of hydrogen-bond acceptors (Lipinski definition) is 5. The third kappa shape index (κ3) is 2.45. The SMILES string of the molecule is COc1ccc(N)cc1-c1nnnn1CC1CCCC1. The zero-order valence-corrected chi connectivity index (χ0v) is 11.6. The van der Waals surface area contributed by atoms with Crippen molar-refractivity contribution in [3.05, 3.63) is 18.2 Å². The topological polar surface area (TPSA) is 78.8 Å². The van der Waals surface area contributed by atoms with Crippen molar-refractivity contribution >= 4 is 5.69 Å². The van der Waals surface area contributed by atoms with Crippen LogP contribution in [0, 0.1) is 5.92 Å². The minimum Gasteiger partial charge on any atom is -0.496 e. The van der Waals surface area contributed by atoms with Gasteiger partial charge in [0.1, 0.15) is 5.75 Å². The standard InChI is InChI=1S/C14H19N5O/c1-20-13-7-6-11(15)8-12(13)14-16-17-18-19(14)9-10-4-2-3-5-10/h6-8,10H,2-5,9,15H2,1H3. The summed E-state index contributed by atoms with van der Waals surface area (Å²) < 4.78 is 7.25. The minimum absolute atomic E-state index is 0.671. The van der Waals surface area contributed by atoms with Crippen LogP contribution in [0.2, 0.25) is 0 Å². The number of benzene rings is 1. The fourth-order valence-corrected chi connectivity index (χ4v) is 2.86. The van der Waals surface area contributed by atoms with E-state index >= 15 is 0 Å². The van der Waals surface area contributed by atoms with Crippen LogP contribution in [0.25, 0.3) is 11.4 Å². The predicted octanol–water partition coefficient (Wildman–Crippen LogP) is 2.12. The largest absolute Gasteiger partial charge is 0.496 e. The molecule has 0 atom stereocenters. The summed E-state index contributed by atoms with van der Waals surface area (Å²) in [5.74, 6) is 2.13. The second-order valence-corrected chi connectivity index (χ2v) is 5.29. The highest BCUT2D eigenvalue weighted by Gasteiger charge is 2.20. The van der Waals surface area contributed by atoms with E-state index in [0.29, 0.717) is 11.6 Å². The molecule has 0 unspecified atom stereocenters. The zero-order valence-electron chi connectivity index (χ0n) is 11.6. The number of nitrogen functional groups attached to an aromatic ring is 1. The number of hydrogen-bond donors (Lipinski definition) is 1. The van der Waals surface area contributed by atoms with E-state index in [4.69, 9.17) is 10.5 Å². The molecule has 1 fully saturated rings. The molecular formula is C14H19N5O. The van der Waals surface area contributed by atoms with Gasteiger partial charge in [-0.25, -0.2) is 4.68 Å². The molecule has 0 aliphatic heterocycles. The van der Waals surface area contributed by atoms with Gasteiger partial charge in [-0.05, 0) is 47.4 Å². The van der Waals surface area contributed by atoms with Crippen LogP contribution in [0.15, 0.2) is 18.2 Å². The molecule has 1 saturated carbocycles. The molecule has 0 spiro atoms. The molecule has 0 radical (unpaired) electrons. The van der Waals surface area contributed by atoms with E-state index in [9.17, 15) is 0 Å². The van der Waals surface area contributed by atoms with Crippen molar-refractivity contribution in [2.75, 3.05) is 12.8 Å². The summed E-state index contributed by atoms with van der Waals surface area (Å²) in [4.78, 5) is 0. The van der Waals surface area contributed by atoms with Crippen LogP contribution in [0.4, 0.5) is 5.69 Å². The fourth-order valence-electron chi connectivity index (χ4n) is 2.86. The molecule has 1 aliphatic rings. The van der Waals surface area contributed by atoms with E-state index < -0.39 is 0 Å². The molecule has 0 bridgehead atoms. The summed E-state index contributed by atoms with van der Waals surface area (Å²) in [6.45, 7) is 0.861. The van der Waals surface area contributed by atoms with E-state index in [-0.39, 0.29) is 0 Å². The van der Waals surface area contributed by atoms with E-state index in [1.165, 1.54) is 25.7 Å². The summed E-state index contributed by atoms with van der Waals surface area (Å²) >= 11 is 0. The van der Waals surface area contributed by atoms with Crippen LogP contribution >= 0.6 is 0 Å². The first-order valence-corrected chi connectivity index (χ1v) is 6.98. The molecular weight excluding hydrogens is 254 g/mol. The summed E-state index contributed by atoms with van der Waals surface area (Å²) in [7, 11) is 1.64. The Balaban J connectivity index is 1.94. The summed E-state index contributed by atoms with van der Waals surface area (Å²) in [6, 6.07) is 5.52. The highest BCUT2D eigenvalue weighted by atomic mass is 16.5. The lowest BCUT2D eigenvalue weighted by atomic mass is 10.1. The lowest BCUT2D eigenvalue weighted by Crippen LogP contribution is -2.11. The number of ether oxygens (including phenoxy) is 1.